The molecule has 0 aliphatic rings. The minimum absolute atomic E-state index is 0.317. The van der Waals surface area contributed by atoms with Crippen molar-refractivity contribution >= 4 is 0 Å². The molecule has 106 valence electrons. The van der Waals surface area contributed by atoms with Crippen LogP contribution in [0.25, 0.3) is 0 Å². The molecule has 0 fully saturated rings. The van der Waals surface area contributed by atoms with Crippen molar-refractivity contribution < 1.29 is 9.13 Å². The van der Waals surface area contributed by atoms with E-state index in [1.165, 1.54) is 24.3 Å². The maximum Gasteiger partial charge on any atom is 0.131 e. The number of aryl methyl sites for hydroxylation is 2. The van der Waals surface area contributed by atoms with Gasteiger partial charge in [-0.15, -0.1) is 0 Å². The maximum absolute atomic E-state index is 14.0. The van der Waals surface area contributed by atoms with E-state index in [-0.39, 0.29) is 11.9 Å². The van der Waals surface area contributed by atoms with E-state index in [4.69, 9.17) is 10.5 Å². The fourth-order valence-corrected chi connectivity index (χ4v) is 2.30. The highest BCUT2D eigenvalue weighted by Crippen LogP contribution is 2.24. The summed E-state index contributed by atoms with van der Waals surface area (Å²) in [4.78, 5) is 0. The quantitative estimate of drug-likeness (QED) is 0.922. The van der Waals surface area contributed by atoms with Crippen LogP contribution in [0.5, 0.6) is 5.75 Å². The van der Waals surface area contributed by atoms with Gasteiger partial charge in [0.1, 0.15) is 11.6 Å². The lowest BCUT2D eigenvalue weighted by Gasteiger charge is -2.16. The van der Waals surface area contributed by atoms with Crippen molar-refractivity contribution in [1.29, 1.82) is 0 Å². The first kappa shape index (κ1) is 14.5. The normalized spacial score (nSPS) is 12.2. The summed E-state index contributed by atoms with van der Waals surface area (Å²) in [5, 5.41) is 0. The number of halogens is 1. The molecule has 2 rings (SSSR count). The lowest BCUT2D eigenvalue weighted by atomic mass is 9.95. The number of ether oxygens (including phenoxy) is 1. The van der Waals surface area contributed by atoms with E-state index >= 15 is 0 Å². The number of hydrogen-bond donors (Lipinski definition) is 1. The van der Waals surface area contributed by atoms with E-state index in [1.54, 1.807) is 12.1 Å². The number of nitrogens with two attached hydrogens (primary N) is 1. The molecule has 0 aliphatic carbocycles. The summed E-state index contributed by atoms with van der Waals surface area (Å²) >= 11 is 0. The molecule has 0 saturated heterocycles. The van der Waals surface area contributed by atoms with Gasteiger partial charge in [0.05, 0.1) is 7.11 Å². The van der Waals surface area contributed by atoms with Crippen molar-refractivity contribution in [2.45, 2.75) is 26.3 Å². The zero-order valence-electron chi connectivity index (χ0n) is 12.1. The molecule has 0 amide bonds. The Kier molecular flexibility index (Phi) is 4.40. The van der Waals surface area contributed by atoms with Gasteiger partial charge in [0.2, 0.25) is 0 Å². The molecule has 3 heteroatoms. The smallest absolute Gasteiger partial charge is 0.131 e. The fraction of sp³-hybridized carbons (Fsp3) is 0.294. The van der Waals surface area contributed by atoms with Crippen molar-refractivity contribution in [3.8, 4) is 5.75 Å². The van der Waals surface area contributed by atoms with Gasteiger partial charge < -0.3 is 10.5 Å². The first-order chi connectivity index (χ1) is 9.51. The molecule has 0 saturated carbocycles. The van der Waals surface area contributed by atoms with Crippen molar-refractivity contribution in [2.24, 2.45) is 5.73 Å². The highest BCUT2D eigenvalue weighted by atomic mass is 19.1. The lowest BCUT2D eigenvalue weighted by Crippen LogP contribution is -2.15. The summed E-state index contributed by atoms with van der Waals surface area (Å²) in [7, 11) is 1.52. The average molecular weight is 273 g/mol. The number of methoxy groups -OCH3 is 1. The third-order valence-electron chi connectivity index (χ3n) is 3.55. The third kappa shape index (κ3) is 3.17. The summed E-state index contributed by atoms with van der Waals surface area (Å²) in [6, 6.07) is 10.7. The van der Waals surface area contributed by atoms with Gasteiger partial charge in [0.25, 0.3) is 0 Å². The first-order valence-corrected chi connectivity index (χ1v) is 6.66. The summed E-state index contributed by atoms with van der Waals surface area (Å²) in [5.74, 6) is 0.187. The van der Waals surface area contributed by atoms with Gasteiger partial charge in [-0.25, -0.2) is 4.39 Å². The predicted molar refractivity (Wildman–Crippen MR) is 79.5 cm³/mol. The largest absolute Gasteiger partial charge is 0.497 e. The van der Waals surface area contributed by atoms with Crippen LogP contribution in [0.15, 0.2) is 36.4 Å². The molecular formula is C17H20FNO. The van der Waals surface area contributed by atoms with E-state index in [1.807, 2.05) is 13.8 Å². The fourth-order valence-electron chi connectivity index (χ4n) is 2.30. The molecule has 0 radical (unpaired) electrons. The Labute approximate surface area is 119 Å². The van der Waals surface area contributed by atoms with Crippen molar-refractivity contribution in [3.63, 3.8) is 0 Å². The van der Waals surface area contributed by atoms with Gasteiger partial charge in [-0.2, -0.15) is 0 Å². The minimum Gasteiger partial charge on any atom is -0.497 e. The van der Waals surface area contributed by atoms with Gasteiger partial charge >= 0.3 is 0 Å². The van der Waals surface area contributed by atoms with E-state index in [2.05, 4.69) is 18.2 Å². The summed E-state index contributed by atoms with van der Waals surface area (Å²) in [6.45, 7) is 4.09. The van der Waals surface area contributed by atoms with Crippen LogP contribution in [-0.2, 0) is 6.42 Å². The molecule has 1 atom stereocenters. The van der Waals surface area contributed by atoms with Gasteiger partial charge in [0, 0.05) is 17.7 Å². The molecule has 0 aliphatic heterocycles. The standard InChI is InChI=1S/C17H20FNO/c1-11-4-5-12(2)13(8-11)9-17(19)15-7-6-14(20-3)10-16(15)18/h4-8,10,17H,9,19H2,1-3H3. The zero-order chi connectivity index (χ0) is 14.7. The van der Waals surface area contributed by atoms with Crippen LogP contribution in [0.3, 0.4) is 0 Å². The molecule has 0 bridgehead atoms. The Bertz CT molecular complexity index is 610. The maximum atomic E-state index is 14.0. The first-order valence-electron chi connectivity index (χ1n) is 6.66. The van der Waals surface area contributed by atoms with E-state index in [9.17, 15) is 4.39 Å². The predicted octanol–water partition coefficient (Wildman–Crippen LogP) is 3.69. The second-order valence-corrected chi connectivity index (χ2v) is 5.13. The lowest BCUT2D eigenvalue weighted by molar-refractivity contribution is 0.410. The SMILES string of the molecule is COc1ccc(C(N)Cc2cc(C)ccc2C)c(F)c1. The Hall–Kier alpha value is -1.87. The zero-order valence-corrected chi connectivity index (χ0v) is 12.1. The molecule has 2 nitrogen and oxygen atoms in total. The molecule has 2 aromatic carbocycles. The molecule has 2 N–H and O–H groups in total. The van der Waals surface area contributed by atoms with Gasteiger partial charge in [-0.05, 0) is 37.5 Å². The average Bonchev–Trinajstić information content (AvgIpc) is 2.42. The topological polar surface area (TPSA) is 35.2 Å². The van der Waals surface area contributed by atoms with Crippen molar-refractivity contribution in [3.05, 3.63) is 64.5 Å². The van der Waals surface area contributed by atoms with E-state index < -0.39 is 0 Å². The molecule has 2 aromatic rings. The highest BCUT2D eigenvalue weighted by Gasteiger charge is 2.14. The third-order valence-corrected chi connectivity index (χ3v) is 3.55. The van der Waals surface area contributed by atoms with Crippen molar-refractivity contribution in [2.75, 3.05) is 7.11 Å². The summed E-state index contributed by atoms with van der Waals surface area (Å²) < 4.78 is 19.0. The molecule has 0 heterocycles. The summed E-state index contributed by atoms with van der Waals surface area (Å²) in [5.41, 5.74) is 10.2. The minimum atomic E-state index is -0.360. The Balaban J connectivity index is 2.23. The van der Waals surface area contributed by atoms with Crippen LogP contribution in [0.1, 0.15) is 28.3 Å². The molecule has 0 spiro atoms. The molecule has 1 unspecified atom stereocenters. The Morgan fingerprint density at radius 2 is 1.90 bits per heavy atom. The Morgan fingerprint density at radius 1 is 1.15 bits per heavy atom. The molecular weight excluding hydrogens is 253 g/mol. The Morgan fingerprint density at radius 3 is 2.55 bits per heavy atom. The monoisotopic (exact) mass is 273 g/mol. The summed E-state index contributed by atoms with van der Waals surface area (Å²) in [6.07, 6.45) is 0.622. The second kappa shape index (κ2) is 6.06. The number of rotatable bonds is 4. The van der Waals surface area contributed by atoms with Crippen LogP contribution in [0, 0.1) is 19.7 Å². The highest BCUT2D eigenvalue weighted by molar-refractivity contribution is 5.35. The molecule has 0 aromatic heterocycles. The number of hydrogen-bond acceptors (Lipinski definition) is 2. The van der Waals surface area contributed by atoms with Crippen LogP contribution in [0.2, 0.25) is 0 Å². The van der Waals surface area contributed by atoms with Crippen molar-refractivity contribution in [1.82, 2.24) is 0 Å². The van der Waals surface area contributed by atoms with Crippen LogP contribution in [0.4, 0.5) is 4.39 Å². The van der Waals surface area contributed by atoms with Gasteiger partial charge in [0.15, 0.2) is 0 Å². The van der Waals surface area contributed by atoms with E-state index in [0.717, 1.165) is 5.56 Å². The van der Waals surface area contributed by atoms with Gasteiger partial charge in [-0.3, -0.25) is 0 Å². The van der Waals surface area contributed by atoms with Crippen LogP contribution < -0.4 is 10.5 Å². The molecule has 20 heavy (non-hydrogen) atoms. The van der Waals surface area contributed by atoms with Crippen LogP contribution >= 0.6 is 0 Å². The van der Waals surface area contributed by atoms with E-state index in [0.29, 0.717) is 17.7 Å². The van der Waals surface area contributed by atoms with Crippen LogP contribution in [-0.4, -0.2) is 7.11 Å². The van der Waals surface area contributed by atoms with Gasteiger partial charge in [-0.1, -0.05) is 29.8 Å². The second-order valence-electron chi connectivity index (χ2n) is 5.13. The number of benzene rings is 2.